The fourth-order valence-electron chi connectivity index (χ4n) is 2.09. The summed E-state index contributed by atoms with van der Waals surface area (Å²) in [5.41, 5.74) is 7.64. The first-order valence-corrected chi connectivity index (χ1v) is 9.37. The molecule has 5 nitrogen and oxygen atoms in total. The number of thiophene rings is 1. The van der Waals surface area contributed by atoms with E-state index in [1.165, 1.54) is 18.3 Å². The number of hydrogen-bond acceptors (Lipinski definition) is 6. The highest BCUT2D eigenvalue weighted by Crippen LogP contribution is 2.50. The largest absolute Gasteiger partial charge is 0.397 e. The van der Waals surface area contributed by atoms with Crippen LogP contribution in [0.25, 0.3) is 0 Å². The van der Waals surface area contributed by atoms with Gasteiger partial charge in [-0.2, -0.15) is 0 Å². The number of carbonyl (C=O) groups excluding carboxylic acids is 1. The molecule has 1 heterocycles. The molecular weight excluding hydrogens is 296 g/mol. The lowest BCUT2D eigenvalue weighted by atomic mass is 10.1. The van der Waals surface area contributed by atoms with E-state index in [4.69, 9.17) is 5.73 Å². The first-order valence-electron chi connectivity index (χ1n) is 6.73. The molecule has 112 valence electrons. The number of nitrogen functional groups attached to an aromatic ring is 1. The fourth-order valence-corrected chi connectivity index (χ4v) is 3.92. The fraction of sp³-hybridized carbons (Fsp3) is 0.615. The van der Waals surface area contributed by atoms with Gasteiger partial charge >= 0.3 is 0 Å². The number of sulfone groups is 1. The SMILES string of the molecule is CCS(=O)(=O)CCNc1sc(C(C)=O)c(N)c1C1CC1. The second-order valence-corrected chi connectivity index (χ2v) is 8.57. The van der Waals surface area contributed by atoms with Crippen LogP contribution in [0, 0.1) is 0 Å². The molecule has 1 aromatic heterocycles. The van der Waals surface area contributed by atoms with Crippen LogP contribution in [0.3, 0.4) is 0 Å². The molecule has 0 spiro atoms. The number of nitrogens with two attached hydrogens (primary N) is 1. The Balaban J connectivity index is 2.15. The lowest BCUT2D eigenvalue weighted by molar-refractivity contribution is 0.102. The number of nitrogens with one attached hydrogen (secondary N) is 1. The molecule has 0 aliphatic heterocycles. The van der Waals surface area contributed by atoms with E-state index in [2.05, 4.69) is 5.32 Å². The summed E-state index contributed by atoms with van der Waals surface area (Å²) in [5, 5.41) is 4.01. The number of anilines is 2. The van der Waals surface area contributed by atoms with Gasteiger partial charge in [0.15, 0.2) is 15.6 Å². The van der Waals surface area contributed by atoms with Crippen molar-refractivity contribution in [3.05, 3.63) is 10.4 Å². The average Bonchev–Trinajstić information content (AvgIpc) is 3.14. The zero-order chi connectivity index (χ0) is 14.9. The van der Waals surface area contributed by atoms with E-state index in [1.54, 1.807) is 6.92 Å². The van der Waals surface area contributed by atoms with Gasteiger partial charge in [-0.15, -0.1) is 11.3 Å². The Kier molecular flexibility index (Phi) is 4.39. The quantitative estimate of drug-likeness (QED) is 0.753. The molecule has 3 N–H and O–H groups in total. The van der Waals surface area contributed by atoms with E-state index in [-0.39, 0.29) is 17.3 Å². The van der Waals surface area contributed by atoms with Gasteiger partial charge in [-0.3, -0.25) is 4.79 Å². The van der Waals surface area contributed by atoms with Crippen LogP contribution in [-0.2, 0) is 9.84 Å². The molecule has 0 bridgehead atoms. The van der Waals surface area contributed by atoms with Crippen molar-refractivity contribution >= 4 is 37.6 Å². The number of carbonyl (C=O) groups is 1. The summed E-state index contributed by atoms with van der Waals surface area (Å²) in [5.74, 6) is 0.629. The van der Waals surface area contributed by atoms with E-state index >= 15 is 0 Å². The van der Waals surface area contributed by atoms with E-state index < -0.39 is 9.84 Å². The highest BCUT2D eigenvalue weighted by Gasteiger charge is 2.32. The van der Waals surface area contributed by atoms with Gasteiger partial charge in [0, 0.05) is 24.8 Å². The van der Waals surface area contributed by atoms with Gasteiger partial charge in [0.1, 0.15) is 0 Å². The summed E-state index contributed by atoms with van der Waals surface area (Å²) in [4.78, 5) is 12.1. The first kappa shape index (κ1) is 15.3. The Morgan fingerprint density at radius 1 is 1.45 bits per heavy atom. The van der Waals surface area contributed by atoms with Crippen LogP contribution in [0.2, 0.25) is 0 Å². The van der Waals surface area contributed by atoms with Crippen LogP contribution in [-0.4, -0.2) is 32.3 Å². The van der Waals surface area contributed by atoms with Crippen molar-refractivity contribution in [1.29, 1.82) is 0 Å². The zero-order valence-electron chi connectivity index (χ0n) is 11.7. The number of hydrogen-bond donors (Lipinski definition) is 2. The maximum absolute atomic E-state index is 11.6. The molecular formula is C13H20N2O3S2. The molecule has 0 saturated heterocycles. The molecule has 1 saturated carbocycles. The third-order valence-electron chi connectivity index (χ3n) is 3.43. The van der Waals surface area contributed by atoms with Gasteiger partial charge in [-0.1, -0.05) is 6.92 Å². The van der Waals surface area contributed by atoms with E-state index in [1.807, 2.05) is 0 Å². The Morgan fingerprint density at radius 2 is 2.10 bits per heavy atom. The van der Waals surface area contributed by atoms with Crippen molar-refractivity contribution in [2.24, 2.45) is 0 Å². The van der Waals surface area contributed by atoms with Gasteiger partial charge in [-0.25, -0.2) is 8.42 Å². The molecule has 0 unspecified atom stereocenters. The molecule has 1 aromatic rings. The summed E-state index contributed by atoms with van der Waals surface area (Å²) in [6.07, 6.45) is 2.17. The second kappa shape index (κ2) is 5.73. The van der Waals surface area contributed by atoms with Crippen LogP contribution in [0.15, 0.2) is 0 Å². The van der Waals surface area contributed by atoms with Crippen LogP contribution >= 0.6 is 11.3 Å². The van der Waals surface area contributed by atoms with Gasteiger partial charge in [-0.05, 0) is 18.8 Å². The molecule has 0 amide bonds. The smallest absolute Gasteiger partial charge is 0.171 e. The summed E-state index contributed by atoms with van der Waals surface area (Å²) < 4.78 is 23.0. The Labute approximate surface area is 123 Å². The van der Waals surface area contributed by atoms with Crippen molar-refractivity contribution in [1.82, 2.24) is 0 Å². The van der Waals surface area contributed by atoms with Crippen molar-refractivity contribution in [2.45, 2.75) is 32.6 Å². The van der Waals surface area contributed by atoms with Crippen LogP contribution in [0.5, 0.6) is 0 Å². The van der Waals surface area contributed by atoms with Gasteiger partial charge in [0.2, 0.25) is 0 Å². The minimum Gasteiger partial charge on any atom is -0.397 e. The van der Waals surface area contributed by atoms with Crippen molar-refractivity contribution in [2.75, 3.05) is 29.1 Å². The molecule has 20 heavy (non-hydrogen) atoms. The number of Topliss-reactive ketones (excluding diaryl/α,β-unsaturated/α-hetero) is 1. The molecule has 1 fully saturated rings. The molecule has 1 aliphatic carbocycles. The Bertz CT molecular complexity index is 616. The standard InChI is InChI=1S/C13H20N2O3S2/c1-3-20(17,18)7-6-15-13-10(9-4-5-9)11(14)12(19-13)8(2)16/h9,15H,3-7,14H2,1-2H3. The van der Waals surface area contributed by atoms with Crippen LogP contribution in [0.1, 0.15) is 47.8 Å². The van der Waals surface area contributed by atoms with Crippen molar-refractivity contribution < 1.29 is 13.2 Å². The van der Waals surface area contributed by atoms with E-state index in [0.717, 1.165) is 23.4 Å². The normalized spacial score (nSPS) is 15.3. The molecule has 0 aromatic carbocycles. The molecule has 0 radical (unpaired) electrons. The Morgan fingerprint density at radius 3 is 2.60 bits per heavy atom. The predicted octanol–water partition coefficient (Wildman–Crippen LogP) is 2.26. The third kappa shape index (κ3) is 3.32. The van der Waals surface area contributed by atoms with Crippen molar-refractivity contribution in [3.63, 3.8) is 0 Å². The lowest BCUT2D eigenvalue weighted by Crippen LogP contribution is -2.17. The second-order valence-electron chi connectivity index (χ2n) is 5.08. The van der Waals surface area contributed by atoms with E-state index in [0.29, 0.717) is 23.0 Å². The highest BCUT2D eigenvalue weighted by atomic mass is 32.2. The summed E-state index contributed by atoms with van der Waals surface area (Å²) in [6.45, 7) is 3.50. The third-order valence-corrected chi connectivity index (χ3v) is 6.41. The monoisotopic (exact) mass is 316 g/mol. The van der Waals surface area contributed by atoms with Gasteiger partial charge < -0.3 is 11.1 Å². The molecule has 1 aliphatic rings. The maximum Gasteiger partial charge on any atom is 0.171 e. The topological polar surface area (TPSA) is 89.3 Å². The summed E-state index contributed by atoms with van der Waals surface area (Å²) >= 11 is 1.34. The first-order chi connectivity index (χ1) is 9.35. The maximum atomic E-state index is 11.6. The Hall–Kier alpha value is -1.08. The van der Waals surface area contributed by atoms with Gasteiger partial charge in [0.05, 0.1) is 21.3 Å². The van der Waals surface area contributed by atoms with Gasteiger partial charge in [0.25, 0.3) is 0 Å². The average molecular weight is 316 g/mol. The number of ketones is 1. The van der Waals surface area contributed by atoms with E-state index in [9.17, 15) is 13.2 Å². The molecule has 0 atom stereocenters. The predicted molar refractivity (Wildman–Crippen MR) is 83.5 cm³/mol. The van der Waals surface area contributed by atoms with Crippen LogP contribution < -0.4 is 11.1 Å². The summed E-state index contributed by atoms with van der Waals surface area (Å²) in [7, 11) is -2.98. The zero-order valence-corrected chi connectivity index (χ0v) is 13.4. The summed E-state index contributed by atoms with van der Waals surface area (Å²) in [6, 6.07) is 0. The van der Waals surface area contributed by atoms with Crippen molar-refractivity contribution in [3.8, 4) is 0 Å². The minimum atomic E-state index is -2.98. The number of rotatable bonds is 7. The minimum absolute atomic E-state index is 0.0383. The van der Waals surface area contributed by atoms with Crippen LogP contribution in [0.4, 0.5) is 10.7 Å². The molecule has 7 heteroatoms. The lowest BCUT2D eigenvalue weighted by Gasteiger charge is -2.07. The molecule has 2 rings (SSSR count). The highest BCUT2D eigenvalue weighted by molar-refractivity contribution is 7.91.